The van der Waals surface area contributed by atoms with Crippen LogP contribution in [0.5, 0.6) is 0 Å². The lowest BCUT2D eigenvalue weighted by Gasteiger charge is -2.32. The number of carbonyl (C=O) groups is 1. The van der Waals surface area contributed by atoms with Crippen LogP contribution in [-0.2, 0) is 11.3 Å². The van der Waals surface area contributed by atoms with Gasteiger partial charge in [-0.1, -0.05) is 48.0 Å². The van der Waals surface area contributed by atoms with E-state index in [0.717, 1.165) is 32.5 Å². The summed E-state index contributed by atoms with van der Waals surface area (Å²) in [7, 11) is 0. The van der Waals surface area contributed by atoms with Crippen molar-refractivity contribution in [3.8, 4) is 0 Å². The highest BCUT2D eigenvalue weighted by Gasteiger charge is 2.26. The van der Waals surface area contributed by atoms with Gasteiger partial charge in [0.25, 0.3) is 0 Å². The molecule has 1 atom stereocenters. The van der Waals surface area contributed by atoms with Gasteiger partial charge in [-0.3, -0.25) is 9.69 Å². The molecule has 1 amide bonds. The van der Waals surface area contributed by atoms with Gasteiger partial charge in [-0.2, -0.15) is 0 Å². The Labute approximate surface area is 163 Å². The molecule has 0 aromatic heterocycles. The number of nitrogens with zero attached hydrogens (tertiary/aromatic N) is 1. The van der Waals surface area contributed by atoms with E-state index in [1.54, 1.807) is 0 Å². The monoisotopic (exact) mass is 364 g/mol. The van der Waals surface area contributed by atoms with Gasteiger partial charge in [0.15, 0.2) is 0 Å². The van der Waals surface area contributed by atoms with Crippen molar-refractivity contribution in [2.45, 2.75) is 53.1 Å². The predicted octanol–water partition coefficient (Wildman–Crippen LogP) is 4.70. The maximum atomic E-state index is 12.7. The zero-order chi connectivity index (χ0) is 19.4. The van der Waals surface area contributed by atoms with Gasteiger partial charge in [0.1, 0.15) is 0 Å². The van der Waals surface area contributed by atoms with Crippen LogP contribution in [0.1, 0.15) is 53.6 Å². The van der Waals surface area contributed by atoms with Gasteiger partial charge in [0.2, 0.25) is 5.91 Å². The van der Waals surface area contributed by atoms with Crippen molar-refractivity contribution < 1.29 is 4.79 Å². The predicted molar refractivity (Wildman–Crippen MR) is 112 cm³/mol. The van der Waals surface area contributed by atoms with Gasteiger partial charge in [-0.25, -0.2) is 0 Å². The Morgan fingerprint density at radius 3 is 2.48 bits per heavy atom. The minimum atomic E-state index is 0.0575. The third-order valence-corrected chi connectivity index (χ3v) is 5.84. The molecule has 1 fully saturated rings. The molecular formula is C24H32N2O. The van der Waals surface area contributed by atoms with Gasteiger partial charge in [-0.05, 0) is 75.9 Å². The molecule has 3 rings (SSSR count). The fourth-order valence-electron chi connectivity index (χ4n) is 3.87. The van der Waals surface area contributed by atoms with E-state index in [9.17, 15) is 4.79 Å². The van der Waals surface area contributed by atoms with E-state index < -0.39 is 0 Å². The molecule has 144 valence electrons. The van der Waals surface area contributed by atoms with Crippen molar-refractivity contribution in [2.75, 3.05) is 13.1 Å². The third-order valence-electron chi connectivity index (χ3n) is 5.84. The van der Waals surface area contributed by atoms with Crippen molar-refractivity contribution in [2.24, 2.45) is 5.92 Å². The Morgan fingerprint density at radius 1 is 1.07 bits per heavy atom. The fraction of sp³-hybridized carbons (Fsp3) is 0.458. The van der Waals surface area contributed by atoms with Gasteiger partial charge in [-0.15, -0.1) is 0 Å². The molecule has 3 heteroatoms. The number of rotatable bonds is 5. The van der Waals surface area contributed by atoms with Crippen LogP contribution in [0.4, 0.5) is 0 Å². The van der Waals surface area contributed by atoms with Crippen LogP contribution in [0.3, 0.4) is 0 Å². The molecule has 1 aliphatic rings. The first-order chi connectivity index (χ1) is 12.9. The zero-order valence-corrected chi connectivity index (χ0v) is 17.1. The quantitative estimate of drug-likeness (QED) is 0.834. The van der Waals surface area contributed by atoms with E-state index >= 15 is 0 Å². The van der Waals surface area contributed by atoms with Gasteiger partial charge < -0.3 is 5.32 Å². The Bertz CT molecular complexity index is 791. The summed E-state index contributed by atoms with van der Waals surface area (Å²) >= 11 is 0. The topological polar surface area (TPSA) is 32.3 Å². The van der Waals surface area contributed by atoms with Crippen molar-refractivity contribution in [3.05, 3.63) is 70.3 Å². The van der Waals surface area contributed by atoms with Gasteiger partial charge in [0, 0.05) is 12.5 Å². The molecule has 1 N–H and O–H groups in total. The molecule has 0 saturated carbocycles. The van der Waals surface area contributed by atoms with E-state index in [1.807, 2.05) is 0 Å². The molecule has 1 saturated heterocycles. The Balaban J connectivity index is 1.50. The smallest absolute Gasteiger partial charge is 0.223 e. The van der Waals surface area contributed by atoms with Crippen molar-refractivity contribution >= 4 is 5.91 Å². The lowest BCUT2D eigenvalue weighted by molar-refractivity contribution is -0.127. The number of nitrogens with one attached hydrogen (secondary N) is 1. The zero-order valence-electron chi connectivity index (χ0n) is 17.1. The minimum Gasteiger partial charge on any atom is -0.349 e. The summed E-state index contributed by atoms with van der Waals surface area (Å²) < 4.78 is 0. The summed E-state index contributed by atoms with van der Waals surface area (Å²) in [6.45, 7) is 11.4. The molecule has 0 bridgehead atoms. The van der Waals surface area contributed by atoms with Crippen LogP contribution in [-0.4, -0.2) is 23.9 Å². The first-order valence-electron chi connectivity index (χ1n) is 10.1. The maximum Gasteiger partial charge on any atom is 0.223 e. The van der Waals surface area contributed by atoms with Gasteiger partial charge in [0.05, 0.1) is 6.04 Å². The number of amides is 1. The summed E-state index contributed by atoms with van der Waals surface area (Å²) in [4.78, 5) is 15.2. The summed E-state index contributed by atoms with van der Waals surface area (Å²) in [5.74, 6) is 0.337. The Hall–Kier alpha value is -2.13. The molecular weight excluding hydrogens is 332 g/mol. The summed E-state index contributed by atoms with van der Waals surface area (Å²) in [5.41, 5.74) is 6.42. The second-order valence-corrected chi connectivity index (χ2v) is 8.11. The summed E-state index contributed by atoms with van der Waals surface area (Å²) in [6.07, 6.45) is 1.88. The minimum absolute atomic E-state index is 0.0575. The lowest BCUT2D eigenvalue weighted by atomic mass is 9.94. The van der Waals surface area contributed by atoms with Crippen molar-refractivity contribution in [1.82, 2.24) is 10.2 Å². The Morgan fingerprint density at radius 2 is 1.81 bits per heavy atom. The van der Waals surface area contributed by atoms with Crippen LogP contribution < -0.4 is 5.32 Å². The number of benzene rings is 2. The lowest BCUT2D eigenvalue weighted by Crippen LogP contribution is -2.40. The second-order valence-electron chi connectivity index (χ2n) is 8.11. The SMILES string of the molecule is Cc1cccc(CN2CCC(C(=O)NC(C)c3ccc(C)c(C)c3)CC2)c1. The first kappa shape index (κ1) is 19.6. The number of hydrogen-bond donors (Lipinski definition) is 1. The van der Waals surface area contributed by atoms with Crippen molar-refractivity contribution in [3.63, 3.8) is 0 Å². The molecule has 3 nitrogen and oxygen atoms in total. The average Bonchev–Trinajstić information content (AvgIpc) is 2.64. The molecule has 1 heterocycles. The van der Waals surface area contributed by atoms with Crippen LogP contribution in [0, 0.1) is 26.7 Å². The van der Waals surface area contributed by atoms with Crippen LogP contribution in [0.2, 0.25) is 0 Å². The van der Waals surface area contributed by atoms with E-state index in [4.69, 9.17) is 0 Å². The second kappa shape index (κ2) is 8.71. The number of carbonyl (C=O) groups excluding carboxylic acids is 1. The Kier molecular flexibility index (Phi) is 6.33. The van der Waals surface area contributed by atoms with Crippen LogP contribution in [0.25, 0.3) is 0 Å². The largest absolute Gasteiger partial charge is 0.349 e. The number of hydrogen-bond acceptors (Lipinski definition) is 2. The normalized spacial score (nSPS) is 16.9. The summed E-state index contributed by atoms with van der Waals surface area (Å²) in [5, 5.41) is 3.23. The van der Waals surface area contributed by atoms with Crippen LogP contribution >= 0.6 is 0 Å². The van der Waals surface area contributed by atoms with E-state index in [0.29, 0.717) is 0 Å². The number of likely N-dealkylation sites (tertiary alicyclic amines) is 1. The molecule has 2 aromatic carbocycles. The maximum absolute atomic E-state index is 12.7. The molecule has 0 radical (unpaired) electrons. The molecule has 2 aromatic rings. The van der Waals surface area contributed by atoms with E-state index in [-0.39, 0.29) is 17.9 Å². The molecule has 1 aliphatic heterocycles. The molecule has 0 spiro atoms. The van der Waals surface area contributed by atoms with Crippen LogP contribution in [0.15, 0.2) is 42.5 Å². The highest BCUT2D eigenvalue weighted by molar-refractivity contribution is 5.79. The number of aryl methyl sites for hydroxylation is 3. The molecule has 27 heavy (non-hydrogen) atoms. The van der Waals surface area contributed by atoms with E-state index in [1.165, 1.54) is 27.8 Å². The highest BCUT2D eigenvalue weighted by Crippen LogP contribution is 2.22. The highest BCUT2D eigenvalue weighted by atomic mass is 16.1. The standard InChI is InChI=1S/C24H32N2O/c1-17-6-5-7-21(14-17)16-26-12-10-22(11-13-26)24(27)25-20(4)23-9-8-18(2)19(3)15-23/h5-9,14-15,20,22H,10-13,16H2,1-4H3,(H,25,27). The van der Waals surface area contributed by atoms with Crippen molar-refractivity contribution in [1.29, 1.82) is 0 Å². The summed E-state index contributed by atoms with van der Waals surface area (Å²) in [6, 6.07) is 15.2. The average molecular weight is 365 g/mol. The first-order valence-corrected chi connectivity index (χ1v) is 10.1. The number of piperidine rings is 1. The van der Waals surface area contributed by atoms with E-state index in [2.05, 4.69) is 80.4 Å². The molecule has 0 aliphatic carbocycles. The van der Waals surface area contributed by atoms with Gasteiger partial charge >= 0.3 is 0 Å². The molecule has 1 unspecified atom stereocenters. The fourth-order valence-corrected chi connectivity index (χ4v) is 3.87. The third kappa shape index (κ3) is 5.20.